The fourth-order valence-corrected chi connectivity index (χ4v) is 3.75. The molecule has 5 nitrogen and oxygen atoms in total. The first kappa shape index (κ1) is 22.3. The van der Waals surface area contributed by atoms with Crippen LogP contribution in [0.3, 0.4) is 0 Å². The Kier molecular flexibility index (Phi) is 5.75. The van der Waals surface area contributed by atoms with Gasteiger partial charge in [0.2, 0.25) is 5.60 Å². The largest absolute Gasteiger partial charge is 0.426 e. The molecule has 1 unspecified atom stereocenters. The lowest BCUT2D eigenvalue weighted by Crippen LogP contribution is -2.57. The Bertz CT molecular complexity index is 888. The monoisotopic (exact) mass is 423 g/mol. The topological polar surface area (TPSA) is 58.4 Å². The average Bonchev–Trinajstić information content (AvgIpc) is 3.16. The van der Waals surface area contributed by atoms with Crippen LogP contribution < -0.4 is 0 Å². The minimum atomic E-state index is -5.00. The summed E-state index contributed by atoms with van der Waals surface area (Å²) < 4.78 is 40.8. The van der Waals surface area contributed by atoms with Crippen LogP contribution in [0.15, 0.2) is 36.5 Å². The zero-order chi connectivity index (χ0) is 22.3. The van der Waals surface area contributed by atoms with Crippen LogP contribution >= 0.6 is 0 Å². The summed E-state index contributed by atoms with van der Waals surface area (Å²) in [7, 11) is 0. The molecule has 0 spiro atoms. The van der Waals surface area contributed by atoms with Crippen LogP contribution in [-0.2, 0) is 10.2 Å². The molecule has 0 saturated carbocycles. The van der Waals surface area contributed by atoms with Crippen LogP contribution in [0.1, 0.15) is 57.7 Å². The van der Waals surface area contributed by atoms with E-state index in [0.717, 1.165) is 16.3 Å². The number of rotatable bonds is 3. The molecule has 1 atom stereocenters. The zero-order valence-electron chi connectivity index (χ0n) is 17.7. The summed E-state index contributed by atoms with van der Waals surface area (Å²) in [5, 5.41) is 14.1. The lowest BCUT2D eigenvalue weighted by atomic mass is 9.87. The Morgan fingerprint density at radius 3 is 2.10 bits per heavy atom. The maximum Gasteiger partial charge on any atom is 0.426 e. The fraction of sp³-hybridized carbons (Fsp3) is 0.545. The number of amides is 1. The molecule has 1 N–H and O–H groups in total. The summed E-state index contributed by atoms with van der Waals surface area (Å²) in [4.78, 5) is 13.3. The number of piperidine rings is 1. The number of hydrogen-bond acceptors (Lipinski definition) is 3. The maximum absolute atomic E-state index is 13.0. The molecule has 1 saturated heterocycles. The molecule has 0 radical (unpaired) electrons. The third-order valence-corrected chi connectivity index (χ3v) is 5.82. The fourth-order valence-electron chi connectivity index (χ4n) is 3.75. The third-order valence-electron chi connectivity index (χ3n) is 5.82. The summed E-state index contributed by atoms with van der Waals surface area (Å²) in [6.45, 7) is 7.26. The highest BCUT2D eigenvalue weighted by Crippen LogP contribution is 2.35. The first-order chi connectivity index (χ1) is 13.8. The number of halogens is 3. The van der Waals surface area contributed by atoms with E-state index in [2.05, 4.69) is 38.0 Å². The summed E-state index contributed by atoms with van der Waals surface area (Å²) in [6.07, 6.45) is -2.28. The lowest BCUT2D eigenvalue weighted by Gasteiger charge is -2.36. The molecule has 30 heavy (non-hydrogen) atoms. The first-order valence-electron chi connectivity index (χ1n) is 10.1. The molecule has 1 aliphatic rings. The van der Waals surface area contributed by atoms with Crippen LogP contribution in [0.2, 0.25) is 0 Å². The Morgan fingerprint density at radius 1 is 1.03 bits per heavy atom. The smallest absolute Gasteiger partial charge is 0.373 e. The maximum atomic E-state index is 13.0. The van der Waals surface area contributed by atoms with Gasteiger partial charge in [0.1, 0.15) is 0 Å². The highest BCUT2D eigenvalue weighted by Gasteiger charge is 2.57. The minimum Gasteiger partial charge on any atom is -0.373 e. The molecule has 1 aliphatic heterocycles. The minimum absolute atomic E-state index is 0.0441. The highest BCUT2D eigenvalue weighted by atomic mass is 19.4. The number of aromatic nitrogens is 2. The molecule has 1 amide bonds. The molecule has 1 aromatic heterocycles. The predicted octanol–water partition coefficient (Wildman–Crippen LogP) is 4.19. The van der Waals surface area contributed by atoms with E-state index in [-0.39, 0.29) is 24.4 Å². The van der Waals surface area contributed by atoms with Gasteiger partial charge in [-0.3, -0.25) is 4.79 Å². The molecule has 0 aliphatic carbocycles. The molecule has 1 aromatic carbocycles. The van der Waals surface area contributed by atoms with Crippen molar-refractivity contribution in [3.8, 4) is 5.69 Å². The van der Waals surface area contributed by atoms with Crippen LogP contribution in [0.5, 0.6) is 0 Å². The van der Waals surface area contributed by atoms with Crippen LogP contribution in [0, 0.1) is 0 Å². The van der Waals surface area contributed by atoms with Gasteiger partial charge in [-0.2, -0.15) is 18.3 Å². The molecular formula is C22H28F3N3O2. The predicted molar refractivity (Wildman–Crippen MR) is 107 cm³/mol. The SMILES string of the molecule is CC(C)(C)c1ccc(-n2nccc2C2CCN(C(=O)C(C)(O)C(F)(F)F)CC2)cc1. The second-order valence-electron chi connectivity index (χ2n) is 9.10. The van der Waals surface area contributed by atoms with Crippen molar-refractivity contribution in [2.24, 2.45) is 0 Å². The summed E-state index contributed by atoms with van der Waals surface area (Å²) in [5.74, 6) is -1.23. The molecule has 3 rings (SSSR count). The van der Waals surface area contributed by atoms with Gasteiger partial charge in [0.25, 0.3) is 5.91 Å². The van der Waals surface area contributed by atoms with Crippen molar-refractivity contribution < 1.29 is 23.1 Å². The van der Waals surface area contributed by atoms with Crippen molar-refractivity contribution in [2.75, 3.05) is 13.1 Å². The van der Waals surface area contributed by atoms with Gasteiger partial charge in [0.05, 0.1) is 5.69 Å². The molecule has 2 aromatic rings. The average molecular weight is 423 g/mol. The molecule has 1 fully saturated rings. The van der Waals surface area contributed by atoms with Crippen LogP contribution in [0.4, 0.5) is 13.2 Å². The van der Waals surface area contributed by atoms with E-state index in [1.165, 1.54) is 5.56 Å². The number of alkyl halides is 3. The molecule has 164 valence electrons. The third kappa shape index (κ3) is 4.24. The van der Waals surface area contributed by atoms with Gasteiger partial charge in [-0.1, -0.05) is 32.9 Å². The quantitative estimate of drug-likeness (QED) is 0.806. The lowest BCUT2D eigenvalue weighted by molar-refractivity contribution is -0.250. The molecule has 8 heteroatoms. The van der Waals surface area contributed by atoms with Gasteiger partial charge >= 0.3 is 6.18 Å². The molecule has 0 bridgehead atoms. The van der Waals surface area contributed by atoms with E-state index in [1.807, 2.05) is 22.9 Å². The second-order valence-corrected chi connectivity index (χ2v) is 9.10. The van der Waals surface area contributed by atoms with Gasteiger partial charge < -0.3 is 10.0 Å². The highest BCUT2D eigenvalue weighted by molar-refractivity contribution is 5.85. The van der Waals surface area contributed by atoms with Gasteiger partial charge in [0.15, 0.2) is 0 Å². The van der Waals surface area contributed by atoms with Crippen LogP contribution in [-0.4, -0.2) is 50.6 Å². The van der Waals surface area contributed by atoms with E-state index < -0.39 is 17.7 Å². The van der Waals surface area contributed by atoms with Gasteiger partial charge in [-0.15, -0.1) is 0 Å². The second kappa shape index (κ2) is 7.72. The Hall–Kier alpha value is -2.35. The molecular weight excluding hydrogens is 395 g/mol. The van der Waals surface area contributed by atoms with E-state index >= 15 is 0 Å². The van der Waals surface area contributed by atoms with E-state index in [9.17, 15) is 23.1 Å². The first-order valence-corrected chi connectivity index (χ1v) is 10.1. The van der Waals surface area contributed by atoms with Crippen molar-refractivity contribution in [3.63, 3.8) is 0 Å². The van der Waals surface area contributed by atoms with Crippen molar-refractivity contribution in [1.29, 1.82) is 0 Å². The van der Waals surface area contributed by atoms with Crippen molar-refractivity contribution in [1.82, 2.24) is 14.7 Å². The van der Waals surface area contributed by atoms with E-state index in [4.69, 9.17) is 0 Å². The Balaban J connectivity index is 1.72. The van der Waals surface area contributed by atoms with Gasteiger partial charge in [0, 0.05) is 30.9 Å². The zero-order valence-corrected chi connectivity index (χ0v) is 17.7. The normalized spacial score (nSPS) is 18.3. The standard InChI is InChI=1S/C22H28F3N3O2/c1-20(2,3)16-5-7-17(8-6-16)28-18(9-12-26-28)15-10-13-27(14-11-15)19(29)21(4,30)22(23,24)25/h5-9,12,15,30H,10-11,13-14H2,1-4H3. The number of carbonyl (C=O) groups excluding carboxylic acids is 1. The number of carbonyl (C=O) groups is 1. The number of benzene rings is 1. The number of hydrogen-bond donors (Lipinski definition) is 1. The Morgan fingerprint density at radius 2 is 1.60 bits per heavy atom. The number of aliphatic hydroxyl groups is 1. The van der Waals surface area contributed by atoms with Gasteiger partial charge in [-0.05, 0) is 48.9 Å². The summed E-state index contributed by atoms with van der Waals surface area (Å²) in [6, 6.07) is 10.1. The van der Waals surface area contributed by atoms with Crippen molar-refractivity contribution in [3.05, 3.63) is 47.8 Å². The summed E-state index contributed by atoms with van der Waals surface area (Å²) in [5.41, 5.74) is -0.225. The van der Waals surface area contributed by atoms with Crippen molar-refractivity contribution >= 4 is 5.91 Å². The summed E-state index contributed by atoms with van der Waals surface area (Å²) >= 11 is 0. The van der Waals surface area contributed by atoms with E-state index in [0.29, 0.717) is 19.8 Å². The molecule has 2 heterocycles. The number of nitrogens with zero attached hydrogens (tertiary/aromatic N) is 3. The van der Waals surface area contributed by atoms with E-state index in [1.54, 1.807) is 6.20 Å². The van der Waals surface area contributed by atoms with Crippen LogP contribution in [0.25, 0.3) is 5.69 Å². The number of likely N-dealkylation sites (tertiary alicyclic amines) is 1. The van der Waals surface area contributed by atoms with Gasteiger partial charge in [-0.25, -0.2) is 4.68 Å². The Labute approximate surface area is 174 Å². The van der Waals surface area contributed by atoms with Crippen molar-refractivity contribution in [2.45, 2.75) is 63.6 Å².